The smallest absolute Gasteiger partial charge is 0.373 e. The summed E-state index contributed by atoms with van der Waals surface area (Å²) >= 11 is 9.45. The molecular weight excluding hydrogens is 568 g/mol. The van der Waals surface area contributed by atoms with E-state index in [-0.39, 0.29) is 23.8 Å². The highest BCUT2D eigenvalue weighted by Gasteiger charge is 2.34. The van der Waals surface area contributed by atoms with Gasteiger partial charge >= 0.3 is 12.0 Å². The molecule has 37 heavy (non-hydrogen) atoms. The summed E-state index contributed by atoms with van der Waals surface area (Å²) in [5.74, 6) is 0.0197. The second-order valence-electron chi connectivity index (χ2n) is 7.81. The van der Waals surface area contributed by atoms with E-state index in [2.05, 4.69) is 26.0 Å². The van der Waals surface area contributed by atoms with Crippen LogP contribution >= 0.6 is 27.5 Å². The summed E-state index contributed by atoms with van der Waals surface area (Å²) in [6.45, 7) is 2.40. The van der Waals surface area contributed by atoms with Gasteiger partial charge in [0, 0.05) is 9.50 Å². The number of rotatable bonds is 9. The second-order valence-corrected chi connectivity index (χ2v) is 9.10. The molecule has 1 aromatic heterocycles. The number of ether oxygens (including phenoxy) is 3. The number of imide groups is 1. The van der Waals surface area contributed by atoms with Crippen molar-refractivity contribution in [2.45, 2.75) is 20.1 Å². The van der Waals surface area contributed by atoms with Crippen molar-refractivity contribution in [2.75, 3.05) is 13.7 Å². The van der Waals surface area contributed by atoms with Crippen LogP contribution in [-0.4, -0.2) is 36.5 Å². The van der Waals surface area contributed by atoms with Gasteiger partial charge in [-0.2, -0.15) is 0 Å². The molecule has 0 aliphatic carbocycles. The molecule has 0 radical (unpaired) electrons. The van der Waals surface area contributed by atoms with Crippen molar-refractivity contribution in [1.82, 2.24) is 10.2 Å². The predicted octanol–water partition coefficient (Wildman–Crippen LogP) is 5.55. The van der Waals surface area contributed by atoms with Crippen molar-refractivity contribution in [3.05, 3.63) is 86.4 Å². The lowest BCUT2D eigenvalue weighted by Crippen LogP contribution is -2.30. The van der Waals surface area contributed by atoms with E-state index in [1.807, 2.05) is 19.1 Å². The summed E-state index contributed by atoms with van der Waals surface area (Å²) < 4.78 is 22.3. The molecule has 1 saturated heterocycles. The average molecular weight is 590 g/mol. The van der Waals surface area contributed by atoms with Crippen LogP contribution in [0.5, 0.6) is 11.5 Å². The van der Waals surface area contributed by atoms with Gasteiger partial charge in [-0.05, 0) is 60.5 Å². The number of halogens is 2. The largest absolute Gasteiger partial charge is 0.490 e. The van der Waals surface area contributed by atoms with Crippen molar-refractivity contribution in [1.29, 1.82) is 0 Å². The fourth-order valence-electron chi connectivity index (χ4n) is 3.48. The molecule has 0 atom stereocenters. The van der Waals surface area contributed by atoms with Gasteiger partial charge in [0.15, 0.2) is 11.5 Å². The summed E-state index contributed by atoms with van der Waals surface area (Å²) in [6, 6.07) is 13.1. The van der Waals surface area contributed by atoms with Gasteiger partial charge in [-0.3, -0.25) is 9.69 Å². The van der Waals surface area contributed by atoms with Crippen molar-refractivity contribution in [3.63, 3.8) is 0 Å². The molecule has 0 unspecified atom stereocenters. The number of amides is 3. The first-order valence-electron chi connectivity index (χ1n) is 11.1. The molecule has 192 valence electrons. The fraction of sp³-hybridized carbons (Fsp3) is 0.192. The maximum Gasteiger partial charge on any atom is 0.373 e. The Morgan fingerprint density at radius 1 is 1.11 bits per heavy atom. The summed E-state index contributed by atoms with van der Waals surface area (Å²) in [4.78, 5) is 38.0. The van der Waals surface area contributed by atoms with Crippen LogP contribution in [0.3, 0.4) is 0 Å². The average Bonchev–Trinajstić information content (AvgIpc) is 3.46. The Hall–Kier alpha value is -3.76. The minimum absolute atomic E-state index is 0.0222. The molecule has 9 nitrogen and oxygen atoms in total. The molecule has 3 aromatic rings. The van der Waals surface area contributed by atoms with Crippen LogP contribution in [0.2, 0.25) is 5.02 Å². The van der Waals surface area contributed by atoms with Crippen LogP contribution in [0.1, 0.15) is 34.4 Å². The summed E-state index contributed by atoms with van der Waals surface area (Å²) in [5.41, 5.74) is 1.60. The van der Waals surface area contributed by atoms with Gasteiger partial charge in [0.25, 0.3) is 5.91 Å². The van der Waals surface area contributed by atoms with E-state index in [1.54, 1.807) is 24.3 Å². The number of nitrogens with one attached hydrogen (secondary N) is 1. The first kappa shape index (κ1) is 26.3. The third kappa shape index (κ3) is 6.15. The first-order chi connectivity index (χ1) is 17.8. The number of esters is 1. The molecule has 0 bridgehead atoms. The summed E-state index contributed by atoms with van der Waals surface area (Å²) in [7, 11) is 1.23. The van der Waals surface area contributed by atoms with E-state index in [9.17, 15) is 14.4 Å². The molecule has 1 aliphatic rings. The van der Waals surface area contributed by atoms with Gasteiger partial charge in [0.1, 0.15) is 18.1 Å². The van der Waals surface area contributed by atoms with Gasteiger partial charge in [0.2, 0.25) is 5.76 Å². The SMILES string of the molecule is CCOc1cc(/C=C2\NC(=O)N(Cc3ccc(C(=O)OC)o3)C2=O)c(Br)cc1OCc1ccc(Cl)cc1. The molecule has 4 rings (SSSR count). The molecule has 1 fully saturated rings. The quantitative estimate of drug-likeness (QED) is 0.198. The molecule has 0 spiro atoms. The number of urea groups is 1. The highest BCUT2D eigenvalue weighted by molar-refractivity contribution is 9.10. The standard InChI is InChI=1S/C26H22BrClN2O7/c1-3-35-22-11-16(19(27)12-23(22)36-14-15-4-6-17(28)7-5-15)10-20-24(31)30(26(33)29-20)13-18-8-9-21(37-18)25(32)34-2/h4-12H,3,13-14H2,1-2H3,(H,29,33)/b20-10-. The predicted molar refractivity (Wildman–Crippen MR) is 138 cm³/mol. The van der Waals surface area contributed by atoms with Crippen LogP contribution in [0.25, 0.3) is 6.08 Å². The van der Waals surface area contributed by atoms with Crippen LogP contribution in [0, 0.1) is 0 Å². The highest BCUT2D eigenvalue weighted by atomic mass is 79.9. The lowest BCUT2D eigenvalue weighted by atomic mass is 10.1. The Morgan fingerprint density at radius 2 is 1.84 bits per heavy atom. The number of hydrogen-bond acceptors (Lipinski definition) is 7. The van der Waals surface area contributed by atoms with Crippen molar-refractivity contribution >= 4 is 51.5 Å². The molecular formula is C26H22BrClN2O7. The van der Waals surface area contributed by atoms with Crippen LogP contribution < -0.4 is 14.8 Å². The lowest BCUT2D eigenvalue weighted by molar-refractivity contribution is -0.123. The monoisotopic (exact) mass is 588 g/mol. The van der Waals surface area contributed by atoms with Gasteiger partial charge in [-0.25, -0.2) is 9.59 Å². The fourth-order valence-corrected chi connectivity index (χ4v) is 4.05. The van der Waals surface area contributed by atoms with E-state index in [4.69, 9.17) is 25.5 Å². The Kier molecular flexibility index (Phi) is 8.20. The maximum atomic E-state index is 13.0. The van der Waals surface area contributed by atoms with Crippen molar-refractivity contribution in [3.8, 4) is 11.5 Å². The van der Waals surface area contributed by atoms with Crippen LogP contribution in [0.4, 0.5) is 4.79 Å². The normalized spacial score (nSPS) is 14.2. The minimum Gasteiger partial charge on any atom is -0.490 e. The van der Waals surface area contributed by atoms with Crippen LogP contribution in [0.15, 0.2) is 63.1 Å². The molecule has 2 heterocycles. The number of furan rings is 1. The molecule has 0 saturated carbocycles. The molecule has 1 aliphatic heterocycles. The number of carbonyl (C=O) groups excluding carboxylic acids is 3. The topological polar surface area (TPSA) is 107 Å². The van der Waals surface area contributed by atoms with E-state index < -0.39 is 17.9 Å². The third-order valence-electron chi connectivity index (χ3n) is 5.29. The Morgan fingerprint density at radius 3 is 2.54 bits per heavy atom. The van der Waals surface area contributed by atoms with E-state index in [0.29, 0.717) is 39.8 Å². The van der Waals surface area contributed by atoms with Crippen molar-refractivity contribution in [2.24, 2.45) is 0 Å². The van der Waals surface area contributed by atoms with E-state index in [1.165, 1.54) is 25.3 Å². The number of benzene rings is 2. The minimum atomic E-state index is -0.653. The molecule has 2 aromatic carbocycles. The van der Waals surface area contributed by atoms with E-state index in [0.717, 1.165) is 10.5 Å². The lowest BCUT2D eigenvalue weighted by Gasteiger charge is -2.14. The number of methoxy groups -OCH3 is 1. The summed E-state index contributed by atoms with van der Waals surface area (Å²) in [6.07, 6.45) is 1.54. The van der Waals surface area contributed by atoms with Crippen LogP contribution in [-0.2, 0) is 22.7 Å². The number of nitrogens with zero attached hydrogens (tertiary/aromatic N) is 1. The maximum absolute atomic E-state index is 13.0. The molecule has 3 amide bonds. The van der Waals surface area contributed by atoms with E-state index >= 15 is 0 Å². The third-order valence-corrected chi connectivity index (χ3v) is 6.23. The van der Waals surface area contributed by atoms with Gasteiger partial charge in [-0.1, -0.05) is 39.7 Å². The Balaban J connectivity index is 1.52. The zero-order valence-corrected chi connectivity index (χ0v) is 22.2. The second kappa shape index (κ2) is 11.5. The first-order valence-corrected chi connectivity index (χ1v) is 12.3. The Labute approximate surface area is 226 Å². The van der Waals surface area contributed by atoms with Crippen molar-refractivity contribution < 1.29 is 33.0 Å². The molecule has 1 N–H and O–H groups in total. The van der Waals surface area contributed by atoms with Gasteiger partial charge in [0.05, 0.1) is 20.3 Å². The summed E-state index contributed by atoms with van der Waals surface area (Å²) in [5, 5.41) is 3.21. The van der Waals surface area contributed by atoms with Gasteiger partial charge in [-0.15, -0.1) is 0 Å². The Bertz CT molecular complexity index is 1370. The molecule has 11 heteroatoms. The highest BCUT2D eigenvalue weighted by Crippen LogP contribution is 2.36. The van der Waals surface area contributed by atoms with Gasteiger partial charge < -0.3 is 23.9 Å². The number of carbonyl (C=O) groups is 3. The zero-order chi connectivity index (χ0) is 26.5. The number of hydrogen-bond donors (Lipinski definition) is 1. The zero-order valence-electron chi connectivity index (χ0n) is 19.9.